The summed E-state index contributed by atoms with van der Waals surface area (Å²) in [4.78, 5) is 0. The molecule has 0 spiro atoms. The summed E-state index contributed by atoms with van der Waals surface area (Å²) < 4.78 is 14.2. The summed E-state index contributed by atoms with van der Waals surface area (Å²) in [7, 11) is 0. The van der Waals surface area contributed by atoms with E-state index in [1.807, 2.05) is 19.1 Å². The maximum absolute atomic E-state index is 14.2. The van der Waals surface area contributed by atoms with Gasteiger partial charge in [0.2, 0.25) is 0 Å². The van der Waals surface area contributed by atoms with E-state index < -0.39 is 0 Å². The van der Waals surface area contributed by atoms with Crippen LogP contribution in [-0.2, 0) is 0 Å². The number of halogens is 1. The average molecular weight is 293 g/mol. The van der Waals surface area contributed by atoms with E-state index in [0.29, 0.717) is 0 Å². The van der Waals surface area contributed by atoms with E-state index in [-0.39, 0.29) is 11.9 Å². The van der Waals surface area contributed by atoms with Gasteiger partial charge in [0.25, 0.3) is 0 Å². The highest BCUT2D eigenvalue weighted by Gasteiger charge is 2.14. The van der Waals surface area contributed by atoms with Crippen LogP contribution in [-0.4, -0.2) is 6.54 Å². The molecule has 2 heteroatoms. The van der Waals surface area contributed by atoms with Gasteiger partial charge in [-0.3, -0.25) is 0 Å². The molecule has 120 valence electrons. The molecule has 1 N–H and O–H groups in total. The SMILES string of the molecule is CCCCCCCCC(NCCC)c1ccc(C)cc1F. The first-order chi connectivity index (χ1) is 10.2. The predicted molar refractivity (Wildman–Crippen MR) is 90.2 cm³/mol. The molecule has 0 saturated heterocycles. The highest BCUT2D eigenvalue weighted by Crippen LogP contribution is 2.24. The number of benzene rings is 1. The Morgan fingerprint density at radius 2 is 1.71 bits per heavy atom. The van der Waals surface area contributed by atoms with Crippen molar-refractivity contribution in [3.05, 3.63) is 35.1 Å². The van der Waals surface area contributed by atoms with Gasteiger partial charge in [0.05, 0.1) is 0 Å². The Hall–Kier alpha value is -0.890. The summed E-state index contributed by atoms with van der Waals surface area (Å²) in [6, 6.07) is 5.78. The summed E-state index contributed by atoms with van der Waals surface area (Å²) in [5, 5.41) is 3.51. The number of hydrogen-bond donors (Lipinski definition) is 1. The lowest BCUT2D eigenvalue weighted by atomic mass is 9.98. The molecule has 0 amide bonds. The molecule has 21 heavy (non-hydrogen) atoms. The number of nitrogens with one attached hydrogen (secondary N) is 1. The predicted octanol–water partition coefficient (Wildman–Crippen LogP) is 5.93. The van der Waals surface area contributed by atoms with E-state index in [1.54, 1.807) is 6.07 Å². The number of aryl methyl sites for hydroxylation is 1. The van der Waals surface area contributed by atoms with E-state index >= 15 is 0 Å². The lowest BCUT2D eigenvalue weighted by Crippen LogP contribution is -2.23. The maximum Gasteiger partial charge on any atom is 0.128 e. The topological polar surface area (TPSA) is 12.0 Å². The molecule has 0 heterocycles. The van der Waals surface area contributed by atoms with E-state index in [1.165, 1.54) is 38.5 Å². The third-order valence-electron chi connectivity index (χ3n) is 4.02. The van der Waals surface area contributed by atoms with Gasteiger partial charge in [-0.05, 0) is 37.9 Å². The van der Waals surface area contributed by atoms with Crippen LogP contribution >= 0.6 is 0 Å². The van der Waals surface area contributed by atoms with E-state index in [4.69, 9.17) is 0 Å². The smallest absolute Gasteiger partial charge is 0.128 e. The second-order valence-corrected chi connectivity index (χ2v) is 6.09. The Kier molecular flexibility index (Phi) is 9.32. The fourth-order valence-electron chi connectivity index (χ4n) is 2.73. The van der Waals surface area contributed by atoms with Crippen molar-refractivity contribution < 1.29 is 4.39 Å². The summed E-state index contributed by atoms with van der Waals surface area (Å²) in [5.74, 6) is -0.0606. The van der Waals surface area contributed by atoms with Crippen molar-refractivity contribution in [2.24, 2.45) is 0 Å². The fraction of sp³-hybridized carbons (Fsp3) is 0.684. The second kappa shape index (κ2) is 10.8. The summed E-state index contributed by atoms with van der Waals surface area (Å²) in [5.41, 5.74) is 1.83. The highest BCUT2D eigenvalue weighted by molar-refractivity contribution is 5.26. The zero-order valence-electron chi connectivity index (χ0n) is 14.1. The third-order valence-corrected chi connectivity index (χ3v) is 4.02. The van der Waals surface area contributed by atoms with Crippen molar-refractivity contribution in [1.29, 1.82) is 0 Å². The van der Waals surface area contributed by atoms with Crippen LogP contribution in [0.15, 0.2) is 18.2 Å². The first-order valence-electron chi connectivity index (χ1n) is 8.68. The van der Waals surface area contributed by atoms with Crippen molar-refractivity contribution in [2.75, 3.05) is 6.54 Å². The number of rotatable bonds is 11. The largest absolute Gasteiger partial charge is 0.310 e. The van der Waals surface area contributed by atoms with Gasteiger partial charge in [0.1, 0.15) is 5.82 Å². The summed E-state index contributed by atoms with van der Waals surface area (Å²) in [6.07, 6.45) is 9.83. The van der Waals surface area contributed by atoms with Crippen LogP contribution in [0.3, 0.4) is 0 Å². The molecule has 0 saturated carbocycles. The molecule has 1 aromatic carbocycles. The minimum atomic E-state index is -0.0606. The van der Waals surface area contributed by atoms with Crippen LogP contribution in [0.25, 0.3) is 0 Å². The minimum absolute atomic E-state index is 0.0606. The van der Waals surface area contributed by atoms with Crippen LogP contribution in [0, 0.1) is 12.7 Å². The van der Waals surface area contributed by atoms with E-state index in [0.717, 1.165) is 30.5 Å². The van der Waals surface area contributed by atoms with Crippen LogP contribution in [0.2, 0.25) is 0 Å². The Morgan fingerprint density at radius 1 is 1.00 bits per heavy atom. The number of hydrogen-bond acceptors (Lipinski definition) is 1. The van der Waals surface area contributed by atoms with Gasteiger partial charge in [0.15, 0.2) is 0 Å². The van der Waals surface area contributed by atoms with Crippen molar-refractivity contribution in [3.63, 3.8) is 0 Å². The second-order valence-electron chi connectivity index (χ2n) is 6.09. The first-order valence-corrected chi connectivity index (χ1v) is 8.68. The molecule has 1 nitrogen and oxygen atoms in total. The monoisotopic (exact) mass is 293 g/mol. The summed E-state index contributed by atoms with van der Waals surface area (Å²) in [6.45, 7) is 7.29. The van der Waals surface area contributed by atoms with Gasteiger partial charge in [-0.2, -0.15) is 0 Å². The van der Waals surface area contributed by atoms with E-state index in [2.05, 4.69) is 19.2 Å². The third kappa shape index (κ3) is 7.08. The van der Waals surface area contributed by atoms with Crippen molar-refractivity contribution in [2.45, 2.75) is 78.2 Å². The molecule has 1 aromatic rings. The van der Waals surface area contributed by atoms with Gasteiger partial charge < -0.3 is 5.32 Å². The highest BCUT2D eigenvalue weighted by atomic mass is 19.1. The van der Waals surface area contributed by atoms with Crippen LogP contribution in [0.5, 0.6) is 0 Å². The Bertz CT molecular complexity index is 389. The van der Waals surface area contributed by atoms with Crippen molar-refractivity contribution in [1.82, 2.24) is 5.32 Å². The van der Waals surface area contributed by atoms with Gasteiger partial charge in [-0.15, -0.1) is 0 Å². The van der Waals surface area contributed by atoms with Gasteiger partial charge in [-0.25, -0.2) is 4.39 Å². The van der Waals surface area contributed by atoms with Gasteiger partial charge in [0, 0.05) is 11.6 Å². The molecule has 0 aliphatic carbocycles. The summed E-state index contributed by atoms with van der Waals surface area (Å²) >= 11 is 0. The molecule has 0 aliphatic heterocycles. The standard InChI is InChI=1S/C19H32FN/c1-4-6-7-8-9-10-11-19(21-14-5-2)17-13-12-16(3)15-18(17)20/h12-13,15,19,21H,4-11,14H2,1-3H3. The lowest BCUT2D eigenvalue weighted by molar-refractivity contribution is 0.448. The van der Waals surface area contributed by atoms with E-state index in [9.17, 15) is 4.39 Å². The molecule has 1 atom stereocenters. The quantitative estimate of drug-likeness (QED) is 0.499. The molecule has 0 aliphatic rings. The molecular formula is C19H32FN. The lowest BCUT2D eigenvalue weighted by Gasteiger charge is -2.20. The van der Waals surface area contributed by atoms with Crippen LogP contribution < -0.4 is 5.32 Å². The zero-order chi connectivity index (χ0) is 15.5. The van der Waals surface area contributed by atoms with Crippen molar-refractivity contribution >= 4 is 0 Å². The molecule has 0 fully saturated rings. The number of unbranched alkanes of at least 4 members (excludes halogenated alkanes) is 5. The van der Waals surface area contributed by atoms with Gasteiger partial charge >= 0.3 is 0 Å². The maximum atomic E-state index is 14.2. The Labute approximate surface area is 130 Å². The Morgan fingerprint density at radius 3 is 2.38 bits per heavy atom. The molecule has 0 radical (unpaired) electrons. The Balaban J connectivity index is 2.50. The van der Waals surface area contributed by atoms with Crippen LogP contribution in [0.4, 0.5) is 4.39 Å². The average Bonchev–Trinajstić information content (AvgIpc) is 2.46. The molecular weight excluding hydrogens is 261 g/mol. The normalized spacial score (nSPS) is 12.6. The van der Waals surface area contributed by atoms with Gasteiger partial charge in [-0.1, -0.05) is 64.5 Å². The van der Waals surface area contributed by atoms with Crippen LogP contribution in [0.1, 0.15) is 82.4 Å². The molecule has 1 unspecified atom stereocenters. The minimum Gasteiger partial charge on any atom is -0.310 e. The fourth-order valence-corrected chi connectivity index (χ4v) is 2.73. The molecule has 0 bridgehead atoms. The first kappa shape index (κ1) is 18.2. The zero-order valence-corrected chi connectivity index (χ0v) is 14.1. The van der Waals surface area contributed by atoms with Crippen molar-refractivity contribution in [3.8, 4) is 0 Å². The molecule has 0 aromatic heterocycles. The molecule has 1 rings (SSSR count).